The Morgan fingerprint density at radius 3 is 1.90 bits per heavy atom. The number of rotatable bonds is 18. The van der Waals surface area contributed by atoms with E-state index in [1.165, 1.54) is 102 Å². The minimum atomic E-state index is 0.570. The van der Waals surface area contributed by atoms with Crippen molar-refractivity contribution in [2.24, 2.45) is 5.92 Å². The summed E-state index contributed by atoms with van der Waals surface area (Å²) in [4.78, 5) is 4.34. The smallest absolute Gasteiger partial charge is 0.0948 e. The normalized spacial score (nSPS) is 13.4. The van der Waals surface area contributed by atoms with Crippen LogP contribution in [0.25, 0.3) is 0 Å². The topological polar surface area (TPSA) is 17.8 Å². The molecule has 2 rings (SSSR count). The summed E-state index contributed by atoms with van der Waals surface area (Å²) in [6.07, 6.45) is 26.8. The van der Waals surface area contributed by atoms with Crippen molar-refractivity contribution in [1.82, 2.24) is 9.55 Å². The maximum absolute atomic E-state index is 4.34. The van der Waals surface area contributed by atoms with Gasteiger partial charge in [-0.15, -0.1) is 0 Å². The molecule has 0 aliphatic carbocycles. The van der Waals surface area contributed by atoms with Crippen LogP contribution in [0.4, 0.5) is 0 Å². The van der Waals surface area contributed by atoms with Crippen molar-refractivity contribution in [2.75, 3.05) is 0 Å². The zero-order valence-electron chi connectivity index (χ0n) is 19.8. The molecule has 0 radical (unpaired) electrons. The molecule has 0 saturated heterocycles. The highest BCUT2D eigenvalue weighted by Crippen LogP contribution is 2.30. The summed E-state index contributed by atoms with van der Waals surface area (Å²) >= 11 is 0. The highest BCUT2D eigenvalue weighted by molar-refractivity contribution is 5.15. The molecule has 2 heteroatoms. The van der Waals surface area contributed by atoms with Gasteiger partial charge in [0, 0.05) is 18.4 Å². The van der Waals surface area contributed by atoms with E-state index in [1.54, 1.807) is 0 Å². The molecule has 0 spiro atoms. The largest absolute Gasteiger partial charge is 0.334 e. The molecule has 0 aliphatic heterocycles. The summed E-state index contributed by atoms with van der Waals surface area (Å²) in [6, 6.07) is 11.6. The van der Waals surface area contributed by atoms with Crippen molar-refractivity contribution in [3.63, 3.8) is 0 Å². The first-order chi connectivity index (χ1) is 14.8. The molecule has 2 unspecified atom stereocenters. The summed E-state index contributed by atoms with van der Waals surface area (Å²) < 4.78 is 2.37. The number of nitrogens with zero attached hydrogens (tertiary/aromatic N) is 2. The molecule has 0 saturated carbocycles. The summed E-state index contributed by atoms with van der Waals surface area (Å²) in [5, 5.41) is 0. The first-order valence-electron chi connectivity index (χ1n) is 12.9. The molecule has 0 bridgehead atoms. The Hall–Kier alpha value is -1.57. The number of hydrogen-bond acceptors (Lipinski definition) is 1. The van der Waals surface area contributed by atoms with E-state index in [0.717, 1.165) is 0 Å². The van der Waals surface area contributed by atoms with E-state index in [1.807, 2.05) is 12.5 Å². The predicted octanol–water partition coefficient (Wildman–Crippen LogP) is 8.78. The molecular formula is C28H46N2. The van der Waals surface area contributed by atoms with Crippen LogP contribution in [0, 0.1) is 5.92 Å². The standard InChI is InChI=1S/C28H46N2/c1-3-5-6-7-8-9-10-11-12-13-14-18-21-28(30-23-22-29-25-30)27(4-2)24-26-19-16-15-17-20-26/h15-17,19-20,22-23,25,27-28H,3-14,18,21,24H2,1-2H3. The fourth-order valence-corrected chi connectivity index (χ4v) is 4.76. The number of hydrogen-bond donors (Lipinski definition) is 0. The first kappa shape index (κ1) is 24.7. The fourth-order valence-electron chi connectivity index (χ4n) is 4.76. The molecule has 2 atom stereocenters. The Labute approximate surface area is 186 Å². The molecule has 2 aromatic rings. The van der Waals surface area contributed by atoms with Crippen LogP contribution in [0.2, 0.25) is 0 Å². The van der Waals surface area contributed by atoms with Gasteiger partial charge in [-0.05, 0) is 24.3 Å². The lowest BCUT2D eigenvalue weighted by atomic mass is 9.86. The van der Waals surface area contributed by atoms with E-state index in [0.29, 0.717) is 12.0 Å². The maximum Gasteiger partial charge on any atom is 0.0948 e. The van der Waals surface area contributed by atoms with E-state index in [-0.39, 0.29) is 0 Å². The van der Waals surface area contributed by atoms with Gasteiger partial charge in [0.05, 0.1) is 6.33 Å². The van der Waals surface area contributed by atoms with Crippen LogP contribution in [0.3, 0.4) is 0 Å². The second kappa shape index (κ2) is 16.2. The Bertz CT molecular complexity index is 605. The first-order valence-corrected chi connectivity index (χ1v) is 12.9. The minimum absolute atomic E-state index is 0.570. The third-order valence-electron chi connectivity index (χ3n) is 6.67. The SMILES string of the molecule is CCCCCCCCCCCCCCC(C(CC)Cc1ccccc1)n1ccnc1. The van der Waals surface area contributed by atoms with Crippen LogP contribution in [0.1, 0.15) is 115 Å². The number of imidazole rings is 1. The van der Waals surface area contributed by atoms with E-state index in [2.05, 4.69) is 59.9 Å². The maximum atomic E-state index is 4.34. The minimum Gasteiger partial charge on any atom is -0.334 e. The Kier molecular flexibility index (Phi) is 13.3. The van der Waals surface area contributed by atoms with Crippen LogP contribution < -0.4 is 0 Å². The van der Waals surface area contributed by atoms with Gasteiger partial charge in [0.1, 0.15) is 0 Å². The van der Waals surface area contributed by atoms with Gasteiger partial charge in [-0.1, -0.05) is 128 Å². The zero-order chi connectivity index (χ0) is 21.3. The van der Waals surface area contributed by atoms with E-state index >= 15 is 0 Å². The molecule has 1 aromatic heterocycles. The molecule has 168 valence electrons. The third-order valence-corrected chi connectivity index (χ3v) is 6.67. The quantitative estimate of drug-likeness (QED) is 0.224. The van der Waals surface area contributed by atoms with Crippen LogP contribution in [-0.2, 0) is 6.42 Å². The Morgan fingerprint density at radius 2 is 1.37 bits per heavy atom. The number of aromatic nitrogens is 2. The van der Waals surface area contributed by atoms with Gasteiger partial charge in [0.15, 0.2) is 0 Å². The van der Waals surface area contributed by atoms with E-state index in [9.17, 15) is 0 Å². The summed E-state index contributed by atoms with van der Waals surface area (Å²) in [7, 11) is 0. The molecule has 2 nitrogen and oxygen atoms in total. The molecule has 1 heterocycles. The van der Waals surface area contributed by atoms with Gasteiger partial charge in [0.25, 0.3) is 0 Å². The molecule has 0 aliphatic rings. The second-order valence-corrected chi connectivity index (χ2v) is 9.11. The van der Waals surface area contributed by atoms with Gasteiger partial charge >= 0.3 is 0 Å². The molecule has 0 amide bonds. The average Bonchev–Trinajstić information content (AvgIpc) is 3.31. The molecular weight excluding hydrogens is 364 g/mol. The van der Waals surface area contributed by atoms with Crippen LogP contribution in [0.15, 0.2) is 49.1 Å². The Morgan fingerprint density at radius 1 is 0.767 bits per heavy atom. The predicted molar refractivity (Wildman–Crippen MR) is 131 cm³/mol. The summed E-state index contributed by atoms with van der Waals surface area (Å²) in [5.74, 6) is 0.675. The van der Waals surface area contributed by atoms with Crippen molar-refractivity contribution in [1.29, 1.82) is 0 Å². The zero-order valence-corrected chi connectivity index (χ0v) is 19.8. The molecule has 1 aromatic carbocycles. The van der Waals surface area contributed by atoms with Gasteiger partial charge in [-0.2, -0.15) is 0 Å². The lowest BCUT2D eigenvalue weighted by molar-refractivity contribution is 0.290. The molecule has 0 fully saturated rings. The van der Waals surface area contributed by atoms with E-state index in [4.69, 9.17) is 0 Å². The van der Waals surface area contributed by atoms with Gasteiger partial charge in [-0.3, -0.25) is 0 Å². The average molecular weight is 411 g/mol. The van der Waals surface area contributed by atoms with Gasteiger partial charge in [0.2, 0.25) is 0 Å². The molecule has 30 heavy (non-hydrogen) atoms. The van der Waals surface area contributed by atoms with Crippen molar-refractivity contribution in [3.8, 4) is 0 Å². The fraction of sp³-hybridized carbons (Fsp3) is 0.679. The second-order valence-electron chi connectivity index (χ2n) is 9.11. The highest BCUT2D eigenvalue weighted by atomic mass is 15.1. The highest BCUT2D eigenvalue weighted by Gasteiger charge is 2.21. The number of benzene rings is 1. The monoisotopic (exact) mass is 410 g/mol. The van der Waals surface area contributed by atoms with Crippen LogP contribution >= 0.6 is 0 Å². The van der Waals surface area contributed by atoms with Gasteiger partial charge in [-0.25, -0.2) is 4.98 Å². The summed E-state index contributed by atoms with van der Waals surface area (Å²) in [5.41, 5.74) is 1.46. The molecule has 0 N–H and O–H groups in total. The van der Waals surface area contributed by atoms with Crippen molar-refractivity contribution in [2.45, 2.75) is 116 Å². The van der Waals surface area contributed by atoms with Gasteiger partial charge < -0.3 is 4.57 Å². The van der Waals surface area contributed by atoms with Crippen LogP contribution in [-0.4, -0.2) is 9.55 Å². The Balaban J connectivity index is 1.65. The van der Waals surface area contributed by atoms with Crippen molar-refractivity contribution < 1.29 is 0 Å². The van der Waals surface area contributed by atoms with Crippen LogP contribution in [0.5, 0.6) is 0 Å². The van der Waals surface area contributed by atoms with Crippen molar-refractivity contribution >= 4 is 0 Å². The third kappa shape index (κ3) is 9.96. The lowest BCUT2D eigenvalue weighted by Crippen LogP contribution is -2.20. The summed E-state index contributed by atoms with van der Waals surface area (Å²) in [6.45, 7) is 4.64. The van der Waals surface area contributed by atoms with E-state index < -0.39 is 0 Å². The van der Waals surface area contributed by atoms with Crippen molar-refractivity contribution in [3.05, 3.63) is 54.6 Å². The lowest BCUT2D eigenvalue weighted by Gasteiger charge is -2.28. The number of unbranched alkanes of at least 4 members (excludes halogenated alkanes) is 11.